The van der Waals surface area contributed by atoms with E-state index < -0.39 is 5.41 Å². The molecule has 0 fully saturated rings. The number of hydrogen-bond acceptors (Lipinski definition) is 2. The van der Waals surface area contributed by atoms with Gasteiger partial charge >= 0.3 is 0 Å². The van der Waals surface area contributed by atoms with E-state index in [2.05, 4.69) is 17.6 Å². The first-order valence-electron chi connectivity index (χ1n) is 7.59. The molecule has 21 heavy (non-hydrogen) atoms. The predicted molar refractivity (Wildman–Crippen MR) is 84.9 cm³/mol. The molecule has 2 N–H and O–H groups in total. The number of carbonyl (C=O) groups excluding carboxylic acids is 2. The molecule has 4 nitrogen and oxygen atoms in total. The second kappa shape index (κ2) is 8.45. The Balaban J connectivity index is 2.40. The van der Waals surface area contributed by atoms with Gasteiger partial charge in [0.1, 0.15) is 5.41 Å². The van der Waals surface area contributed by atoms with E-state index in [0.717, 1.165) is 19.3 Å². The number of unbranched alkanes of at least 4 members (excludes halogenated alkanes) is 1. The molecule has 1 aromatic carbocycles. The maximum atomic E-state index is 12.2. The third-order valence-corrected chi connectivity index (χ3v) is 3.49. The summed E-state index contributed by atoms with van der Waals surface area (Å²) in [5.74, 6) is -0.444. The number of nitrogens with one attached hydrogen (secondary N) is 2. The van der Waals surface area contributed by atoms with Crippen molar-refractivity contribution in [2.75, 3.05) is 13.1 Å². The van der Waals surface area contributed by atoms with Crippen LogP contribution in [0.2, 0.25) is 0 Å². The molecule has 0 aliphatic rings. The number of hydrogen-bond donors (Lipinski definition) is 2. The normalized spacial score (nSPS) is 11.0. The smallest absolute Gasteiger partial charge is 0.235 e. The fraction of sp³-hybridized carbons (Fsp3) is 0.529. The molecule has 0 radical (unpaired) electrons. The lowest BCUT2D eigenvalue weighted by molar-refractivity contribution is -0.141. The summed E-state index contributed by atoms with van der Waals surface area (Å²) in [6, 6.07) is 9.96. The molecular weight excluding hydrogens is 264 g/mol. The van der Waals surface area contributed by atoms with Crippen molar-refractivity contribution < 1.29 is 9.59 Å². The standard InChI is InChI=1S/C17H26N2O2/c1-4-5-12-18-15(20)17(2,3)16(21)19-13-11-14-9-7-6-8-10-14/h6-10H,4-5,11-13H2,1-3H3,(H,18,20)(H,19,21). The Morgan fingerprint density at radius 2 is 1.57 bits per heavy atom. The number of benzene rings is 1. The van der Waals surface area contributed by atoms with Gasteiger partial charge in [-0.2, -0.15) is 0 Å². The van der Waals surface area contributed by atoms with Crippen molar-refractivity contribution in [2.45, 2.75) is 40.0 Å². The van der Waals surface area contributed by atoms with Crippen molar-refractivity contribution in [3.8, 4) is 0 Å². The topological polar surface area (TPSA) is 58.2 Å². The summed E-state index contributed by atoms with van der Waals surface area (Å²) in [5.41, 5.74) is 0.132. The molecule has 0 bridgehead atoms. The first-order valence-corrected chi connectivity index (χ1v) is 7.59. The molecule has 1 rings (SSSR count). The Kier molecular flexibility index (Phi) is 6.92. The third-order valence-electron chi connectivity index (χ3n) is 3.49. The molecule has 0 aromatic heterocycles. The highest BCUT2D eigenvalue weighted by molar-refractivity contribution is 6.04. The monoisotopic (exact) mass is 290 g/mol. The molecule has 2 amide bonds. The second-order valence-electron chi connectivity index (χ2n) is 5.73. The molecule has 0 aliphatic carbocycles. The predicted octanol–water partition coefficient (Wildman–Crippen LogP) is 2.29. The zero-order chi connectivity index (χ0) is 15.7. The van der Waals surface area contributed by atoms with E-state index in [1.54, 1.807) is 13.8 Å². The molecule has 0 heterocycles. The Morgan fingerprint density at radius 1 is 1.00 bits per heavy atom. The van der Waals surface area contributed by atoms with E-state index in [-0.39, 0.29) is 11.8 Å². The van der Waals surface area contributed by atoms with Crippen LogP contribution in [0.4, 0.5) is 0 Å². The van der Waals surface area contributed by atoms with Crippen molar-refractivity contribution in [3.63, 3.8) is 0 Å². The summed E-state index contributed by atoms with van der Waals surface area (Å²) in [5, 5.41) is 5.66. The van der Waals surface area contributed by atoms with Crippen molar-refractivity contribution in [1.29, 1.82) is 0 Å². The summed E-state index contributed by atoms with van der Waals surface area (Å²) in [7, 11) is 0. The van der Waals surface area contributed by atoms with Crippen molar-refractivity contribution in [2.24, 2.45) is 5.41 Å². The molecular formula is C17H26N2O2. The van der Waals surface area contributed by atoms with E-state index >= 15 is 0 Å². The number of amides is 2. The lowest BCUT2D eigenvalue weighted by Gasteiger charge is -2.22. The van der Waals surface area contributed by atoms with Gasteiger partial charge in [0.25, 0.3) is 0 Å². The minimum Gasteiger partial charge on any atom is -0.355 e. The summed E-state index contributed by atoms with van der Waals surface area (Å²) >= 11 is 0. The molecule has 116 valence electrons. The first kappa shape index (κ1) is 17.2. The van der Waals surface area contributed by atoms with Gasteiger partial charge in [-0.25, -0.2) is 0 Å². The fourth-order valence-electron chi connectivity index (χ4n) is 1.89. The minimum absolute atomic E-state index is 0.215. The van der Waals surface area contributed by atoms with Gasteiger partial charge in [0.05, 0.1) is 0 Å². The zero-order valence-corrected chi connectivity index (χ0v) is 13.2. The second-order valence-corrected chi connectivity index (χ2v) is 5.73. The van der Waals surface area contributed by atoms with Gasteiger partial charge in [0, 0.05) is 13.1 Å². The SMILES string of the molecule is CCCCNC(=O)C(C)(C)C(=O)NCCc1ccccc1. The summed E-state index contributed by atoms with van der Waals surface area (Å²) in [6.45, 7) is 6.54. The largest absolute Gasteiger partial charge is 0.355 e. The maximum Gasteiger partial charge on any atom is 0.235 e. The van der Waals surface area contributed by atoms with Crippen LogP contribution in [0.15, 0.2) is 30.3 Å². The highest BCUT2D eigenvalue weighted by Gasteiger charge is 2.35. The fourth-order valence-corrected chi connectivity index (χ4v) is 1.89. The molecule has 0 saturated heterocycles. The molecule has 4 heteroatoms. The average Bonchev–Trinajstić information content (AvgIpc) is 2.48. The van der Waals surface area contributed by atoms with Crippen LogP contribution in [0, 0.1) is 5.41 Å². The minimum atomic E-state index is -1.04. The van der Waals surface area contributed by atoms with Crippen molar-refractivity contribution in [3.05, 3.63) is 35.9 Å². The highest BCUT2D eigenvalue weighted by Crippen LogP contribution is 2.15. The van der Waals surface area contributed by atoms with E-state index in [1.807, 2.05) is 30.3 Å². The Bertz CT molecular complexity index is 455. The average molecular weight is 290 g/mol. The molecule has 0 unspecified atom stereocenters. The lowest BCUT2D eigenvalue weighted by atomic mass is 9.91. The Labute approximate surface area is 127 Å². The zero-order valence-electron chi connectivity index (χ0n) is 13.2. The van der Waals surface area contributed by atoms with Gasteiger partial charge in [-0.05, 0) is 32.3 Å². The molecule has 0 aliphatic heterocycles. The van der Waals surface area contributed by atoms with Crippen LogP contribution in [0.3, 0.4) is 0 Å². The number of rotatable bonds is 8. The Hall–Kier alpha value is -1.84. The van der Waals surface area contributed by atoms with Gasteiger partial charge in [0.2, 0.25) is 11.8 Å². The van der Waals surface area contributed by atoms with Crippen molar-refractivity contribution >= 4 is 11.8 Å². The van der Waals surface area contributed by atoms with Crippen LogP contribution < -0.4 is 10.6 Å². The summed E-state index contributed by atoms with van der Waals surface area (Å²) < 4.78 is 0. The van der Waals surface area contributed by atoms with Gasteiger partial charge < -0.3 is 10.6 Å². The quantitative estimate of drug-likeness (QED) is 0.570. The van der Waals surface area contributed by atoms with Crippen LogP contribution in [-0.4, -0.2) is 24.9 Å². The van der Waals surface area contributed by atoms with Crippen LogP contribution in [-0.2, 0) is 16.0 Å². The maximum absolute atomic E-state index is 12.2. The molecule has 0 atom stereocenters. The first-order chi connectivity index (χ1) is 9.98. The van der Waals surface area contributed by atoms with Gasteiger partial charge in [-0.1, -0.05) is 43.7 Å². The van der Waals surface area contributed by atoms with Gasteiger partial charge in [0.15, 0.2) is 0 Å². The molecule has 0 saturated carbocycles. The van der Waals surface area contributed by atoms with Gasteiger partial charge in [-0.3, -0.25) is 9.59 Å². The van der Waals surface area contributed by atoms with Crippen LogP contribution in [0.1, 0.15) is 39.2 Å². The number of carbonyl (C=O) groups is 2. The lowest BCUT2D eigenvalue weighted by Crippen LogP contribution is -2.48. The van der Waals surface area contributed by atoms with E-state index in [1.165, 1.54) is 5.56 Å². The van der Waals surface area contributed by atoms with Gasteiger partial charge in [-0.15, -0.1) is 0 Å². The van der Waals surface area contributed by atoms with E-state index in [0.29, 0.717) is 13.1 Å². The Morgan fingerprint density at radius 3 is 2.14 bits per heavy atom. The molecule has 1 aromatic rings. The summed E-state index contributed by atoms with van der Waals surface area (Å²) in [4.78, 5) is 24.2. The third kappa shape index (κ3) is 5.58. The highest BCUT2D eigenvalue weighted by atomic mass is 16.2. The van der Waals surface area contributed by atoms with Crippen LogP contribution in [0.5, 0.6) is 0 Å². The van der Waals surface area contributed by atoms with E-state index in [4.69, 9.17) is 0 Å². The van der Waals surface area contributed by atoms with Crippen LogP contribution in [0.25, 0.3) is 0 Å². The van der Waals surface area contributed by atoms with Crippen LogP contribution >= 0.6 is 0 Å². The van der Waals surface area contributed by atoms with E-state index in [9.17, 15) is 9.59 Å². The van der Waals surface area contributed by atoms with Crippen molar-refractivity contribution in [1.82, 2.24) is 10.6 Å². The summed E-state index contributed by atoms with van der Waals surface area (Å²) in [6.07, 6.45) is 2.71. The molecule has 0 spiro atoms.